The zero-order valence-electron chi connectivity index (χ0n) is 21.1. The van der Waals surface area contributed by atoms with Gasteiger partial charge in [-0.25, -0.2) is 0 Å². The summed E-state index contributed by atoms with van der Waals surface area (Å²) in [5.41, 5.74) is 0.149. The molecule has 6 rings (SSSR count). The highest BCUT2D eigenvalue weighted by molar-refractivity contribution is 6.16. The van der Waals surface area contributed by atoms with E-state index in [9.17, 15) is 14.4 Å². The molecule has 1 saturated carbocycles. The van der Waals surface area contributed by atoms with Gasteiger partial charge in [-0.15, -0.1) is 0 Å². The van der Waals surface area contributed by atoms with Gasteiger partial charge in [-0.1, -0.05) is 81.4 Å². The van der Waals surface area contributed by atoms with Gasteiger partial charge in [-0.2, -0.15) is 0 Å². The Morgan fingerprint density at radius 1 is 0.861 bits per heavy atom. The van der Waals surface area contributed by atoms with Crippen LogP contribution < -0.4 is 0 Å². The Labute approximate surface area is 211 Å². The van der Waals surface area contributed by atoms with Crippen molar-refractivity contribution in [3.8, 4) is 0 Å². The van der Waals surface area contributed by atoms with Gasteiger partial charge in [-0.05, 0) is 52.4 Å². The fraction of sp³-hybridized carbons (Fsp3) is 0.323. The summed E-state index contributed by atoms with van der Waals surface area (Å²) in [6.07, 6.45) is 4.65. The van der Waals surface area contributed by atoms with E-state index < -0.39 is 16.2 Å². The lowest BCUT2D eigenvalue weighted by atomic mass is 9.55. The lowest BCUT2D eigenvalue weighted by Gasteiger charge is -2.53. The topological polar surface area (TPSA) is 57.7 Å². The van der Waals surface area contributed by atoms with Gasteiger partial charge in [0.05, 0.1) is 11.5 Å². The van der Waals surface area contributed by atoms with Gasteiger partial charge in [0, 0.05) is 18.7 Å². The first-order valence-electron chi connectivity index (χ1n) is 12.5. The van der Waals surface area contributed by atoms with Gasteiger partial charge in [0.25, 0.3) is 0 Å². The highest BCUT2D eigenvalue weighted by Gasteiger charge is 2.75. The number of carbonyl (C=O) groups is 3. The maximum Gasteiger partial charge on any atom is 0.245 e. The van der Waals surface area contributed by atoms with E-state index >= 15 is 0 Å². The third-order valence-electron chi connectivity index (χ3n) is 9.57. The Kier molecular flexibility index (Phi) is 4.66. The summed E-state index contributed by atoms with van der Waals surface area (Å²) in [6, 6.07) is 22.2. The third-order valence-corrected chi connectivity index (χ3v) is 9.57. The van der Waals surface area contributed by atoms with Crippen molar-refractivity contribution in [2.45, 2.75) is 39.7 Å². The molecule has 2 fully saturated rings. The average Bonchev–Trinajstić information content (AvgIpc) is 3.07. The standard InChI is InChI=1S/C31H30N2O3/c1-29(2)30(3)16-17-31(29,27(35)32(4)26(30)34)28(36)33-18-15-21-10-7-8-12-24(21)25(33)23-14-13-20-9-5-6-11-22(20)19-23/h5-15,18-19,25H,16-17H2,1-4H3/t25-,30+,31-/m1/s1. The molecule has 1 saturated heterocycles. The van der Waals surface area contributed by atoms with Gasteiger partial charge in [0.2, 0.25) is 17.7 Å². The van der Waals surface area contributed by atoms with E-state index in [-0.39, 0.29) is 23.8 Å². The Hall–Kier alpha value is -3.73. The zero-order valence-corrected chi connectivity index (χ0v) is 21.1. The first kappa shape index (κ1) is 22.7. The molecule has 0 radical (unpaired) electrons. The number of fused-ring (bicyclic) bond motifs is 4. The van der Waals surface area contributed by atoms with E-state index in [1.54, 1.807) is 4.90 Å². The van der Waals surface area contributed by atoms with Crippen LogP contribution in [-0.2, 0) is 14.4 Å². The van der Waals surface area contributed by atoms with Crippen molar-refractivity contribution >= 4 is 34.6 Å². The molecular weight excluding hydrogens is 448 g/mol. The third kappa shape index (κ3) is 2.63. The molecule has 3 atom stereocenters. The van der Waals surface area contributed by atoms with Crippen LogP contribution in [0.2, 0.25) is 0 Å². The van der Waals surface area contributed by atoms with Crippen molar-refractivity contribution in [2.24, 2.45) is 16.2 Å². The SMILES string of the molecule is CN1C(=O)[C@@]2(C(=O)N3C=Cc4ccccc4[C@H]3c3ccc4ccccc4c3)CC[C@@](C)(C1=O)C2(C)C. The molecule has 2 heterocycles. The van der Waals surface area contributed by atoms with Gasteiger partial charge >= 0.3 is 0 Å². The molecule has 1 aliphatic carbocycles. The smallest absolute Gasteiger partial charge is 0.245 e. The molecule has 182 valence electrons. The van der Waals surface area contributed by atoms with Crippen LogP contribution >= 0.6 is 0 Å². The van der Waals surface area contributed by atoms with Crippen LogP contribution in [0, 0.1) is 16.2 Å². The molecule has 3 aromatic rings. The molecule has 36 heavy (non-hydrogen) atoms. The number of hydrogen-bond donors (Lipinski definition) is 0. The summed E-state index contributed by atoms with van der Waals surface area (Å²) in [5.74, 6) is -0.810. The minimum atomic E-state index is -1.31. The molecule has 0 aromatic heterocycles. The number of carbonyl (C=O) groups excluding carboxylic acids is 3. The van der Waals surface area contributed by atoms with Crippen molar-refractivity contribution in [2.75, 3.05) is 7.05 Å². The monoisotopic (exact) mass is 478 g/mol. The van der Waals surface area contributed by atoms with Crippen LogP contribution in [0.4, 0.5) is 0 Å². The Balaban J connectivity index is 1.53. The van der Waals surface area contributed by atoms with Gasteiger partial charge in [0.1, 0.15) is 5.41 Å². The summed E-state index contributed by atoms with van der Waals surface area (Å²) >= 11 is 0. The van der Waals surface area contributed by atoms with E-state index in [1.807, 2.05) is 57.3 Å². The number of imide groups is 1. The van der Waals surface area contributed by atoms with Crippen LogP contribution in [-0.4, -0.2) is 34.6 Å². The molecule has 3 aromatic carbocycles. The van der Waals surface area contributed by atoms with E-state index in [1.165, 1.54) is 11.9 Å². The molecule has 5 nitrogen and oxygen atoms in total. The minimum absolute atomic E-state index is 0.191. The van der Waals surface area contributed by atoms with Crippen LogP contribution in [0.5, 0.6) is 0 Å². The molecule has 3 amide bonds. The predicted octanol–water partition coefficient (Wildman–Crippen LogP) is 5.55. The van der Waals surface area contributed by atoms with Crippen molar-refractivity contribution < 1.29 is 14.4 Å². The lowest BCUT2D eigenvalue weighted by molar-refractivity contribution is -0.182. The summed E-state index contributed by atoms with van der Waals surface area (Å²) in [6.45, 7) is 5.76. The van der Waals surface area contributed by atoms with Crippen LogP contribution in [0.1, 0.15) is 56.3 Å². The first-order chi connectivity index (χ1) is 17.1. The van der Waals surface area contributed by atoms with Gasteiger partial charge < -0.3 is 4.90 Å². The Morgan fingerprint density at radius 2 is 1.56 bits per heavy atom. The first-order valence-corrected chi connectivity index (χ1v) is 12.5. The van der Waals surface area contributed by atoms with Crippen LogP contribution in [0.15, 0.2) is 72.9 Å². The minimum Gasteiger partial charge on any atom is -0.306 e. The number of benzene rings is 3. The van der Waals surface area contributed by atoms with E-state index in [0.717, 1.165) is 27.5 Å². The molecular formula is C31H30N2O3. The normalized spacial score (nSPS) is 28.5. The molecule has 2 aliphatic heterocycles. The van der Waals surface area contributed by atoms with Crippen LogP contribution in [0.3, 0.4) is 0 Å². The van der Waals surface area contributed by atoms with Crippen molar-refractivity contribution in [3.05, 3.63) is 89.6 Å². The highest BCUT2D eigenvalue weighted by Crippen LogP contribution is 2.67. The van der Waals surface area contributed by atoms with Gasteiger partial charge in [0.15, 0.2) is 0 Å². The summed E-state index contributed by atoms with van der Waals surface area (Å²) in [4.78, 5) is 44.7. The number of rotatable bonds is 2. The maximum atomic E-state index is 14.7. The van der Waals surface area contributed by atoms with Crippen molar-refractivity contribution in [3.63, 3.8) is 0 Å². The number of nitrogens with zero attached hydrogens (tertiary/aromatic N) is 2. The number of hydrogen-bond acceptors (Lipinski definition) is 3. The largest absolute Gasteiger partial charge is 0.306 e. The summed E-state index contributed by atoms with van der Waals surface area (Å²) in [7, 11) is 1.52. The van der Waals surface area contributed by atoms with Crippen molar-refractivity contribution in [1.29, 1.82) is 0 Å². The van der Waals surface area contributed by atoms with Crippen LogP contribution in [0.25, 0.3) is 16.8 Å². The Morgan fingerprint density at radius 3 is 2.33 bits per heavy atom. The van der Waals surface area contributed by atoms with E-state index in [0.29, 0.717) is 12.8 Å². The predicted molar refractivity (Wildman–Crippen MR) is 139 cm³/mol. The van der Waals surface area contributed by atoms with E-state index in [2.05, 4.69) is 42.5 Å². The quantitative estimate of drug-likeness (QED) is 0.358. The molecule has 2 bridgehead atoms. The number of likely N-dealkylation sites (tertiary alicyclic amines) is 1. The second kappa shape index (κ2) is 7.39. The highest BCUT2D eigenvalue weighted by atomic mass is 16.2. The zero-order chi connectivity index (χ0) is 25.5. The molecule has 0 unspecified atom stereocenters. The fourth-order valence-corrected chi connectivity index (χ4v) is 6.93. The summed E-state index contributed by atoms with van der Waals surface area (Å²) < 4.78 is 0. The molecule has 0 spiro atoms. The van der Waals surface area contributed by atoms with Gasteiger partial charge in [-0.3, -0.25) is 19.3 Å². The number of piperidine rings is 1. The van der Waals surface area contributed by atoms with Crippen molar-refractivity contribution in [1.82, 2.24) is 9.80 Å². The second-order valence-electron chi connectivity index (χ2n) is 11.2. The summed E-state index contributed by atoms with van der Waals surface area (Å²) in [5, 5.41) is 2.23. The Bertz CT molecular complexity index is 1490. The molecule has 3 aliphatic rings. The number of amides is 3. The maximum absolute atomic E-state index is 14.7. The molecule has 0 N–H and O–H groups in total. The molecule has 5 heteroatoms. The average molecular weight is 479 g/mol. The lowest BCUT2D eigenvalue weighted by Crippen LogP contribution is -2.67. The second-order valence-corrected chi connectivity index (χ2v) is 11.2. The fourth-order valence-electron chi connectivity index (χ4n) is 6.93. The van der Waals surface area contributed by atoms with E-state index in [4.69, 9.17) is 0 Å².